The number of aliphatic hydroxyl groups excluding tert-OH is 4. The Balaban J connectivity index is 2.49. The summed E-state index contributed by atoms with van der Waals surface area (Å²) in [5.41, 5.74) is -0.394. The van der Waals surface area contributed by atoms with Gasteiger partial charge in [-0.05, 0) is 0 Å². The monoisotopic (exact) mass is 344 g/mol. The molecule has 134 valence electrons. The van der Waals surface area contributed by atoms with Crippen molar-refractivity contribution in [3.8, 4) is 0 Å². The van der Waals surface area contributed by atoms with Gasteiger partial charge in [0.1, 0.15) is 30.1 Å². The van der Waals surface area contributed by atoms with Crippen LogP contribution in [0, 0.1) is 0 Å². The summed E-state index contributed by atoms with van der Waals surface area (Å²) in [7, 11) is 2.71. The number of carbonyl (C=O) groups excluding carboxylic acids is 2. The minimum atomic E-state index is -1.62. The van der Waals surface area contributed by atoms with E-state index in [1.807, 2.05) is 0 Å². The van der Waals surface area contributed by atoms with Crippen LogP contribution in [-0.4, -0.2) is 86.9 Å². The lowest BCUT2D eigenvalue weighted by molar-refractivity contribution is -0.251. The molecule has 2 heterocycles. The normalized spacial score (nSPS) is 30.0. The van der Waals surface area contributed by atoms with E-state index in [1.165, 1.54) is 14.1 Å². The summed E-state index contributed by atoms with van der Waals surface area (Å²) in [5, 5.41) is 43.8. The highest BCUT2D eigenvalue weighted by Crippen LogP contribution is 2.30. The number of nitrogens with one attached hydrogen (secondary N) is 2. The van der Waals surface area contributed by atoms with Crippen LogP contribution in [0.1, 0.15) is 27.2 Å². The van der Waals surface area contributed by atoms with Crippen LogP contribution < -0.4 is 10.6 Å². The Morgan fingerprint density at radius 1 is 1.17 bits per heavy atom. The van der Waals surface area contributed by atoms with Crippen LogP contribution in [0.25, 0.3) is 0 Å². The third-order valence-corrected chi connectivity index (χ3v) is 3.82. The number of nitrogens with zero attached hydrogens (tertiary/aromatic N) is 2. The molecule has 3 unspecified atom stereocenters. The van der Waals surface area contributed by atoms with Crippen molar-refractivity contribution in [1.82, 2.24) is 20.2 Å². The molecule has 0 aromatic carbocycles. The largest absolute Gasteiger partial charge is 0.394 e. The van der Waals surface area contributed by atoms with Crippen molar-refractivity contribution in [1.29, 1.82) is 0 Å². The second-order valence-corrected chi connectivity index (χ2v) is 5.23. The van der Waals surface area contributed by atoms with Crippen molar-refractivity contribution < 1.29 is 34.8 Å². The molecule has 0 radical (unpaired) electrons. The maximum absolute atomic E-state index is 12.1. The summed E-state index contributed by atoms with van der Waals surface area (Å²) in [6, 6.07) is 0. The molecule has 0 bridgehead atoms. The van der Waals surface area contributed by atoms with E-state index < -0.39 is 49.1 Å². The van der Waals surface area contributed by atoms with E-state index in [1.54, 1.807) is 0 Å². The van der Waals surface area contributed by atoms with Crippen molar-refractivity contribution in [2.24, 2.45) is 0 Å². The molecule has 6 N–H and O–H groups in total. The first-order valence-electron chi connectivity index (χ1n) is 7.18. The lowest BCUT2D eigenvalue weighted by atomic mass is 9.98. The number of aromatic nitrogens is 2. The van der Waals surface area contributed by atoms with Gasteiger partial charge in [0, 0.05) is 14.1 Å². The fraction of sp³-hybridized carbons (Fsp3) is 0.615. The van der Waals surface area contributed by atoms with Gasteiger partial charge in [-0.15, -0.1) is 0 Å². The van der Waals surface area contributed by atoms with Crippen LogP contribution in [0.15, 0.2) is 6.33 Å². The van der Waals surface area contributed by atoms with E-state index in [4.69, 9.17) is 4.74 Å². The van der Waals surface area contributed by atoms with Gasteiger partial charge in [-0.2, -0.15) is 0 Å². The van der Waals surface area contributed by atoms with Crippen molar-refractivity contribution in [3.05, 3.63) is 17.7 Å². The summed E-state index contributed by atoms with van der Waals surface area (Å²) in [5.74, 6) is -1.29. The number of hydrogen-bond acceptors (Lipinski definition) is 8. The van der Waals surface area contributed by atoms with Crippen molar-refractivity contribution >= 4 is 11.8 Å². The average molecular weight is 344 g/mol. The molecule has 2 amide bonds. The molecule has 1 fully saturated rings. The Labute approximate surface area is 136 Å². The molecule has 11 heteroatoms. The zero-order valence-corrected chi connectivity index (χ0v) is 13.1. The van der Waals surface area contributed by atoms with Gasteiger partial charge < -0.3 is 35.8 Å². The molecule has 1 aromatic heterocycles. The highest BCUT2D eigenvalue weighted by atomic mass is 16.6. The minimum Gasteiger partial charge on any atom is -0.394 e. The number of ether oxygens (including phenoxy) is 1. The zero-order valence-electron chi connectivity index (χ0n) is 13.1. The van der Waals surface area contributed by atoms with E-state index in [0.717, 1.165) is 10.9 Å². The van der Waals surface area contributed by atoms with Crippen LogP contribution >= 0.6 is 0 Å². The highest BCUT2D eigenvalue weighted by molar-refractivity contribution is 6.04. The van der Waals surface area contributed by atoms with E-state index in [-0.39, 0.29) is 11.4 Å². The maximum atomic E-state index is 12.1. The van der Waals surface area contributed by atoms with Crippen molar-refractivity contribution in [2.45, 2.75) is 30.6 Å². The smallest absolute Gasteiger partial charge is 0.272 e. The molecule has 0 aliphatic carbocycles. The minimum absolute atomic E-state index is 0.193. The summed E-state index contributed by atoms with van der Waals surface area (Å²) in [6.07, 6.45) is -6.16. The predicted molar refractivity (Wildman–Crippen MR) is 78.0 cm³/mol. The maximum Gasteiger partial charge on any atom is 0.272 e. The SMILES string of the molecule is CNC(=O)c1ncn([C@@H]2OC(CO)[C@@H](O)C(O)C2O)c1C(=O)NC. The Hall–Kier alpha value is -2.05. The Kier molecular flexibility index (Phi) is 5.51. The number of carbonyl (C=O) groups is 2. The predicted octanol–water partition coefficient (Wildman–Crippen LogP) is -3.43. The van der Waals surface area contributed by atoms with Gasteiger partial charge in [0.05, 0.1) is 12.9 Å². The van der Waals surface area contributed by atoms with Gasteiger partial charge in [0.2, 0.25) is 0 Å². The summed E-state index contributed by atoms with van der Waals surface area (Å²) in [4.78, 5) is 27.9. The van der Waals surface area contributed by atoms with E-state index in [9.17, 15) is 30.0 Å². The summed E-state index contributed by atoms with van der Waals surface area (Å²) >= 11 is 0. The van der Waals surface area contributed by atoms with Crippen LogP contribution in [-0.2, 0) is 4.74 Å². The van der Waals surface area contributed by atoms with E-state index >= 15 is 0 Å². The second kappa shape index (κ2) is 7.23. The van der Waals surface area contributed by atoms with Gasteiger partial charge >= 0.3 is 0 Å². The Morgan fingerprint density at radius 3 is 2.33 bits per heavy atom. The molecule has 1 saturated heterocycles. The molecule has 11 nitrogen and oxygen atoms in total. The quantitative estimate of drug-likeness (QED) is 0.328. The first-order chi connectivity index (χ1) is 11.4. The third kappa shape index (κ3) is 2.99. The van der Waals surface area contributed by atoms with E-state index in [2.05, 4.69) is 15.6 Å². The van der Waals surface area contributed by atoms with Crippen LogP contribution in [0.4, 0.5) is 0 Å². The first kappa shape index (κ1) is 18.3. The molecule has 1 aromatic rings. The third-order valence-electron chi connectivity index (χ3n) is 3.82. The van der Waals surface area contributed by atoms with Crippen LogP contribution in [0.5, 0.6) is 0 Å². The number of amides is 2. The number of imidazole rings is 1. The van der Waals surface area contributed by atoms with Crippen LogP contribution in [0.2, 0.25) is 0 Å². The molecular formula is C13H20N4O7. The van der Waals surface area contributed by atoms with Gasteiger partial charge in [-0.25, -0.2) is 4.98 Å². The lowest BCUT2D eigenvalue weighted by Crippen LogP contribution is -2.56. The van der Waals surface area contributed by atoms with Gasteiger partial charge in [0.15, 0.2) is 11.9 Å². The number of hydrogen-bond donors (Lipinski definition) is 6. The van der Waals surface area contributed by atoms with Gasteiger partial charge in [-0.1, -0.05) is 0 Å². The topological polar surface area (TPSA) is 166 Å². The standard InChI is InChI=1S/C13H20N4O7/c1-14-11(22)6-7(12(23)15-2)17(4-16-6)13-10(21)9(20)8(19)5(3-18)24-13/h4-5,8-10,13,18-21H,3H2,1-2H3,(H,14,22)(H,15,23)/t5?,8-,9?,10?,13-/m1/s1. The fourth-order valence-corrected chi connectivity index (χ4v) is 2.49. The fourth-order valence-electron chi connectivity index (χ4n) is 2.49. The molecule has 5 atom stereocenters. The van der Waals surface area contributed by atoms with Gasteiger partial charge in [-0.3, -0.25) is 14.2 Å². The molecule has 1 aliphatic heterocycles. The highest BCUT2D eigenvalue weighted by Gasteiger charge is 2.45. The summed E-state index contributed by atoms with van der Waals surface area (Å²) < 4.78 is 6.46. The zero-order chi connectivity index (χ0) is 18.0. The number of rotatable bonds is 4. The van der Waals surface area contributed by atoms with Crippen molar-refractivity contribution in [3.63, 3.8) is 0 Å². The van der Waals surface area contributed by atoms with Gasteiger partial charge in [0.25, 0.3) is 11.8 Å². The Morgan fingerprint density at radius 2 is 1.79 bits per heavy atom. The molecule has 0 spiro atoms. The van der Waals surface area contributed by atoms with E-state index in [0.29, 0.717) is 0 Å². The first-order valence-corrected chi connectivity index (χ1v) is 7.18. The molecular weight excluding hydrogens is 324 g/mol. The average Bonchev–Trinajstić information content (AvgIpc) is 3.03. The van der Waals surface area contributed by atoms with Crippen molar-refractivity contribution in [2.75, 3.05) is 20.7 Å². The molecule has 0 saturated carbocycles. The molecule has 2 rings (SSSR count). The summed E-state index contributed by atoms with van der Waals surface area (Å²) in [6.45, 7) is -0.617. The number of aliphatic hydroxyl groups is 4. The lowest BCUT2D eigenvalue weighted by Gasteiger charge is -2.40. The second-order valence-electron chi connectivity index (χ2n) is 5.23. The molecule has 1 aliphatic rings. The van der Waals surface area contributed by atoms with Crippen LogP contribution in [0.3, 0.4) is 0 Å². The Bertz CT molecular complexity index is 617. The molecule has 24 heavy (non-hydrogen) atoms.